The second-order valence-electron chi connectivity index (χ2n) is 3.69. The number of thiazole rings is 1. The Hall–Kier alpha value is -1.79. The van der Waals surface area contributed by atoms with Crippen LogP contribution in [0, 0.1) is 5.82 Å². The number of aromatic nitrogens is 1. The molecule has 1 aromatic heterocycles. The van der Waals surface area contributed by atoms with E-state index >= 15 is 0 Å². The molecule has 2 aromatic rings. The van der Waals surface area contributed by atoms with Gasteiger partial charge < -0.3 is 5.11 Å². The smallest absolute Gasteiger partial charge is 0.356 e. The van der Waals surface area contributed by atoms with Crippen LogP contribution in [-0.4, -0.2) is 21.8 Å². The van der Waals surface area contributed by atoms with Gasteiger partial charge in [-0.15, -0.1) is 11.3 Å². The Morgan fingerprint density at radius 2 is 2.11 bits per heavy atom. The van der Waals surface area contributed by atoms with Crippen LogP contribution in [0.15, 0.2) is 18.2 Å². The fourth-order valence-electron chi connectivity index (χ4n) is 1.46. The molecule has 0 amide bonds. The number of rotatable bonds is 3. The zero-order valence-electron chi connectivity index (χ0n) is 9.61. The summed E-state index contributed by atoms with van der Waals surface area (Å²) in [5.41, 5.74) is 0.166. The highest BCUT2D eigenvalue weighted by Gasteiger charge is 2.21. The van der Waals surface area contributed by atoms with E-state index in [0.29, 0.717) is 10.6 Å². The zero-order valence-corrected chi connectivity index (χ0v) is 11.2. The average molecular weight is 300 g/mol. The molecule has 7 heteroatoms. The first-order valence-electron chi connectivity index (χ1n) is 5.10. The van der Waals surface area contributed by atoms with E-state index < -0.39 is 11.8 Å². The number of ketones is 1. The molecule has 1 heterocycles. The topological polar surface area (TPSA) is 67.3 Å². The Morgan fingerprint density at radius 3 is 2.58 bits per heavy atom. The molecule has 0 unspecified atom stereocenters. The number of carbonyl (C=O) groups is 2. The van der Waals surface area contributed by atoms with Gasteiger partial charge in [0, 0.05) is 12.5 Å². The Bertz CT molecular complexity index is 652. The highest BCUT2D eigenvalue weighted by molar-refractivity contribution is 7.17. The lowest BCUT2D eigenvalue weighted by molar-refractivity contribution is 0.0687. The van der Waals surface area contributed by atoms with Crippen molar-refractivity contribution >= 4 is 34.7 Å². The molecule has 98 valence electrons. The lowest BCUT2D eigenvalue weighted by Crippen LogP contribution is -2.03. The summed E-state index contributed by atoms with van der Waals surface area (Å²) < 4.78 is 13.1. The maximum absolute atomic E-state index is 13.1. The van der Waals surface area contributed by atoms with Crippen molar-refractivity contribution < 1.29 is 19.1 Å². The third-order valence-electron chi connectivity index (χ3n) is 2.32. The Labute approximate surface area is 116 Å². The number of halogens is 2. The zero-order chi connectivity index (χ0) is 14.2. The molecule has 19 heavy (non-hydrogen) atoms. The fraction of sp³-hybridized carbons (Fsp3) is 0.0833. The quantitative estimate of drug-likeness (QED) is 0.881. The van der Waals surface area contributed by atoms with Crippen molar-refractivity contribution in [2.24, 2.45) is 0 Å². The van der Waals surface area contributed by atoms with Gasteiger partial charge in [-0.2, -0.15) is 0 Å². The van der Waals surface area contributed by atoms with Crippen LogP contribution in [0.5, 0.6) is 0 Å². The summed E-state index contributed by atoms with van der Waals surface area (Å²) in [5.74, 6) is -2.23. The molecule has 0 spiro atoms. The second-order valence-corrected chi connectivity index (χ2v) is 5.09. The van der Waals surface area contributed by atoms with Crippen LogP contribution >= 0.6 is 22.9 Å². The summed E-state index contributed by atoms with van der Waals surface area (Å²) in [4.78, 5) is 26.3. The highest BCUT2D eigenvalue weighted by Crippen LogP contribution is 2.31. The monoisotopic (exact) mass is 299 g/mol. The normalized spacial score (nSPS) is 10.5. The SMILES string of the molecule is CC(=O)c1sc(-c2ccc(F)c(Cl)c2)nc1C(=O)O. The molecule has 0 saturated carbocycles. The van der Waals surface area contributed by atoms with Crippen molar-refractivity contribution in [1.29, 1.82) is 0 Å². The number of benzene rings is 1. The lowest BCUT2D eigenvalue weighted by atomic mass is 10.2. The Kier molecular flexibility index (Phi) is 3.64. The molecule has 4 nitrogen and oxygen atoms in total. The van der Waals surface area contributed by atoms with Crippen LogP contribution in [0.3, 0.4) is 0 Å². The van der Waals surface area contributed by atoms with Gasteiger partial charge in [-0.25, -0.2) is 14.2 Å². The number of nitrogens with zero attached hydrogens (tertiary/aromatic N) is 1. The van der Waals surface area contributed by atoms with Crippen molar-refractivity contribution in [2.45, 2.75) is 6.92 Å². The largest absolute Gasteiger partial charge is 0.476 e. The third kappa shape index (κ3) is 2.64. The van der Waals surface area contributed by atoms with Gasteiger partial charge in [-0.1, -0.05) is 11.6 Å². The van der Waals surface area contributed by atoms with E-state index in [9.17, 15) is 14.0 Å². The van der Waals surface area contributed by atoms with Crippen LogP contribution in [0.1, 0.15) is 27.1 Å². The van der Waals surface area contributed by atoms with Gasteiger partial charge >= 0.3 is 5.97 Å². The van der Waals surface area contributed by atoms with Gasteiger partial charge in [0.25, 0.3) is 0 Å². The van der Waals surface area contributed by atoms with Crippen LogP contribution < -0.4 is 0 Å². The summed E-state index contributed by atoms with van der Waals surface area (Å²) >= 11 is 6.60. The van der Waals surface area contributed by atoms with Crippen LogP contribution in [-0.2, 0) is 0 Å². The van der Waals surface area contributed by atoms with Crippen LogP contribution in [0.25, 0.3) is 10.6 Å². The van der Waals surface area contributed by atoms with Crippen molar-refractivity contribution in [3.8, 4) is 10.6 Å². The van der Waals surface area contributed by atoms with Gasteiger partial charge in [0.05, 0.1) is 5.02 Å². The van der Waals surface area contributed by atoms with E-state index in [0.717, 1.165) is 17.4 Å². The molecule has 1 N–H and O–H groups in total. The Morgan fingerprint density at radius 1 is 1.42 bits per heavy atom. The minimum Gasteiger partial charge on any atom is -0.476 e. The first-order chi connectivity index (χ1) is 8.90. The minimum absolute atomic E-state index is 0.0583. The van der Waals surface area contributed by atoms with E-state index in [1.807, 2.05) is 0 Å². The number of aromatic carboxylic acids is 1. The highest BCUT2D eigenvalue weighted by atomic mass is 35.5. The molecule has 0 saturated heterocycles. The standard InChI is InChI=1S/C12H7ClFNO3S/c1-5(16)10-9(12(17)18)15-11(19-10)6-2-3-8(14)7(13)4-6/h2-4H,1H3,(H,17,18). The van der Waals surface area contributed by atoms with Gasteiger partial charge in [-0.3, -0.25) is 4.79 Å². The van der Waals surface area contributed by atoms with Gasteiger partial charge in [-0.05, 0) is 18.2 Å². The predicted molar refractivity (Wildman–Crippen MR) is 69.5 cm³/mol. The maximum Gasteiger partial charge on any atom is 0.356 e. The van der Waals surface area contributed by atoms with E-state index in [1.54, 1.807) is 0 Å². The van der Waals surface area contributed by atoms with Crippen LogP contribution in [0.4, 0.5) is 4.39 Å². The number of carbonyl (C=O) groups excluding carboxylic acids is 1. The van der Waals surface area contributed by atoms with Gasteiger partial charge in [0.1, 0.15) is 15.7 Å². The van der Waals surface area contributed by atoms with Crippen molar-refractivity contribution in [1.82, 2.24) is 4.98 Å². The second kappa shape index (κ2) is 5.07. The summed E-state index contributed by atoms with van der Waals surface area (Å²) in [5, 5.41) is 9.20. The van der Waals surface area contributed by atoms with Gasteiger partial charge in [0.2, 0.25) is 0 Å². The average Bonchev–Trinajstić information content (AvgIpc) is 2.78. The molecule has 0 aliphatic heterocycles. The summed E-state index contributed by atoms with van der Waals surface area (Å²) in [7, 11) is 0. The molecule has 0 aliphatic rings. The van der Waals surface area contributed by atoms with E-state index in [-0.39, 0.29) is 21.4 Å². The van der Waals surface area contributed by atoms with Crippen molar-refractivity contribution in [2.75, 3.05) is 0 Å². The number of carboxylic acid groups (broad SMARTS) is 1. The number of Topliss-reactive ketones (excluding diaryl/α,β-unsaturated/α-hetero) is 1. The number of carboxylic acids is 1. The lowest BCUT2D eigenvalue weighted by Gasteiger charge is -1.97. The minimum atomic E-state index is -1.28. The van der Waals surface area contributed by atoms with E-state index in [1.165, 1.54) is 19.1 Å². The molecule has 1 aromatic carbocycles. The molecule has 0 atom stereocenters. The first kappa shape index (κ1) is 13.6. The summed E-state index contributed by atoms with van der Waals surface area (Å²) in [6, 6.07) is 3.92. The molecular weight excluding hydrogens is 293 g/mol. The van der Waals surface area contributed by atoms with Crippen LogP contribution in [0.2, 0.25) is 5.02 Å². The van der Waals surface area contributed by atoms with Gasteiger partial charge in [0.15, 0.2) is 11.5 Å². The first-order valence-corrected chi connectivity index (χ1v) is 6.30. The fourth-order valence-corrected chi connectivity index (χ4v) is 2.59. The predicted octanol–water partition coefficient (Wildman–Crippen LogP) is 3.50. The summed E-state index contributed by atoms with van der Waals surface area (Å²) in [6.45, 7) is 1.27. The summed E-state index contributed by atoms with van der Waals surface area (Å²) in [6.07, 6.45) is 0. The molecule has 0 aliphatic carbocycles. The maximum atomic E-state index is 13.1. The molecule has 0 bridgehead atoms. The van der Waals surface area contributed by atoms with Crippen molar-refractivity contribution in [3.63, 3.8) is 0 Å². The van der Waals surface area contributed by atoms with Crippen molar-refractivity contribution in [3.05, 3.63) is 39.6 Å². The third-order valence-corrected chi connectivity index (χ3v) is 3.81. The molecular formula is C12H7ClFNO3S. The molecule has 0 radical (unpaired) electrons. The van der Waals surface area contributed by atoms with E-state index in [2.05, 4.69) is 4.98 Å². The number of hydrogen-bond acceptors (Lipinski definition) is 4. The number of hydrogen-bond donors (Lipinski definition) is 1. The molecule has 0 fully saturated rings. The molecule has 2 rings (SSSR count). The van der Waals surface area contributed by atoms with E-state index in [4.69, 9.17) is 16.7 Å². The Balaban J connectivity index is 2.57.